The molecule has 0 heterocycles. The average molecular weight is 390 g/mol. The molecule has 1 amide bonds. The van der Waals surface area contributed by atoms with Crippen LogP contribution in [0.1, 0.15) is 5.56 Å². The molecule has 0 saturated carbocycles. The van der Waals surface area contributed by atoms with Crippen LogP contribution in [0.3, 0.4) is 0 Å². The summed E-state index contributed by atoms with van der Waals surface area (Å²) in [5.41, 5.74) is -1.09. The predicted octanol–water partition coefficient (Wildman–Crippen LogP) is 3.10. The zero-order chi connectivity index (χ0) is 19.5. The highest BCUT2D eigenvalue weighted by Gasteiger charge is 2.38. The van der Waals surface area contributed by atoms with Gasteiger partial charge in [0.1, 0.15) is 5.82 Å². The molecule has 5 nitrogen and oxygen atoms in total. The molecule has 26 heavy (non-hydrogen) atoms. The molecule has 1 N–H and O–H groups in total. The molecule has 0 aromatic heterocycles. The summed E-state index contributed by atoms with van der Waals surface area (Å²) in [5, 5.41) is 2.33. The highest BCUT2D eigenvalue weighted by molar-refractivity contribution is 7.89. The predicted molar refractivity (Wildman–Crippen MR) is 86.3 cm³/mol. The summed E-state index contributed by atoms with van der Waals surface area (Å²) in [6.07, 6.45) is -4.86. The Kier molecular flexibility index (Phi) is 5.67. The Balaban J connectivity index is 2.19. The number of alkyl halides is 3. The van der Waals surface area contributed by atoms with E-state index in [4.69, 9.17) is 0 Å². The zero-order valence-corrected chi connectivity index (χ0v) is 14.2. The number of amides is 1. The van der Waals surface area contributed by atoms with Crippen molar-refractivity contribution in [3.05, 3.63) is 59.9 Å². The van der Waals surface area contributed by atoms with Crippen molar-refractivity contribution in [2.45, 2.75) is 11.1 Å². The standard InChI is InChI=1S/C16H14F4N2O3S/c1-22(10-15(23)21-12-8-6-11(17)7-9-12)26(24,25)14-5-3-2-4-13(14)16(18,19)20/h2-9H,10H2,1H3,(H,21,23). The summed E-state index contributed by atoms with van der Waals surface area (Å²) >= 11 is 0. The van der Waals surface area contributed by atoms with Crippen molar-refractivity contribution in [2.75, 3.05) is 18.9 Å². The molecule has 2 rings (SSSR count). The maximum Gasteiger partial charge on any atom is 0.417 e. The highest BCUT2D eigenvalue weighted by Crippen LogP contribution is 2.34. The van der Waals surface area contributed by atoms with Gasteiger partial charge in [-0.05, 0) is 36.4 Å². The quantitative estimate of drug-likeness (QED) is 0.798. The van der Waals surface area contributed by atoms with Gasteiger partial charge in [0.2, 0.25) is 15.9 Å². The fraction of sp³-hybridized carbons (Fsp3) is 0.188. The lowest BCUT2D eigenvalue weighted by molar-refractivity contribution is -0.139. The van der Waals surface area contributed by atoms with Gasteiger partial charge in [-0.25, -0.2) is 12.8 Å². The van der Waals surface area contributed by atoms with E-state index in [-0.39, 0.29) is 5.69 Å². The number of nitrogens with one attached hydrogen (secondary N) is 1. The number of carbonyl (C=O) groups excluding carboxylic acids is 1. The Hall–Kier alpha value is -2.46. The molecule has 0 aliphatic rings. The van der Waals surface area contributed by atoms with Gasteiger partial charge in [0.15, 0.2) is 0 Å². The van der Waals surface area contributed by atoms with Crippen molar-refractivity contribution >= 4 is 21.6 Å². The average Bonchev–Trinajstić information content (AvgIpc) is 2.56. The van der Waals surface area contributed by atoms with Crippen molar-refractivity contribution in [1.29, 1.82) is 0 Å². The minimum absolute atomic E-state index is 0.220. The fourth-order valence-electron chi connectivity index (χ4n) is 2.11. The molecule has 0 radical (unpaired) electrons. The third-order valence-corrected chi connectivity index (χ3v) is 5.24. The first kappa shape index (κ1) is 19.9. The van der Waals surface area contributed by atoms with Crippen LogP contribution in [0.5, 0.6) is 0 Å². The number of halogens is 4. The Labute approximate surface area is 147 Å². The Bertz CT molecular complexity index is 896. The van der Waals surface area contributed by atoms with Crippen LogP contribution in [0.2, 0.25) is 0 Å². The number of benzene rings is 2. The number of likely N-dealkylation sites (N-methyl/N-ethyl adjacent to an activating group) is 1. The minimum Gasteiger partial charge on any atom is -0.325 e. The normalized spacial score (nSPS) is 12.2. The molecule has 2 aromatic carbocycles. The number of nitrogens with zero attached hydrogens (tertiary/aromatic N) is 1. The molecule has 0 saturated heterocycles. The van der Waals surface area contributed by atoms with Crippen LogP contribution in [-0.2, 0) is 21.0 Å². The number of hydrogen-bond donors (Lipinski definition) is 1. The third-order valence-electron chi connectivity index (χ3n) is 3.37. The molecule has 0 spiro atoms. The van der Waals surface area contributed by atoms with Crippen LogP contribution < -0.4 is 5.32 Å². The van der Waals surface area contributed by atoms with E-state index < -0.39 is 44.9 Å². The van der Waals surface area contributed by atoms with Gasteiger partial charge < -0.3 is 5.32 Å². The van der Waals surface area contributed by atoms with E-state index >= 15 is 0 Å². The number of sulfonamides is 1. The van der Waals surface area contributed by atoms with Gasteiger partial charge in [-0.15, -0.1) is 0 Å². The van der Waals surface area contributed by atoms with Crippen molar-refractivity contribution in [2.24, 2.45) is 0 Å². The van der Waals surface area contributed by atoms with Crippen molar-refractivity contribution < 1.29 is 30.8 Å². The van der Waals surface area contributed by atoms with Gasteiger partial charge in [-0.1, -0.05) is 12.1 Å². The van der Waals surface area contributed by atoms with Crippen LogP contribution in [0.15, 0.2) is 53.4 Å². The highest BCUT2D eigenvalue weighted by atomic mass is 32.2. The second kappa shape index (κ2) is 7.42. The van der Waals surface area contributed by atoms with E-state index in [2.05, 4.69) is 5.32 Å². The second-order valence-electron chi connectivity index (χ2n) is 5.31. The maximum atomic E-state index is 13.0. The SMILES string of the molecule is CN(CC(=O)Nc1ccc(F)cc1)S(=O)(=O)c1ccccc1C(F)(F)F. The van der Waals surface area contributed by atoms with Gasteiger partial charge in [0.05, 0.1) is 17.0 Å². The number of hydrogen-bond acceptors (Lipinski definition) is 3. The summed E-state index contributed by atoms with van der Waals surface area (Å²) in [7, 11) is -3.56. The molecular formula is C16H14F4N2O3S. The lowest BCUT2D eigenvalue weighted by Gasteiger charge is -2.19. The van der Waals surface area contributed by atoms with Gasteiger partial charge in [0, 0.05) is 12.7 Å². The molecule has 10 heteroatoms. The molecule has 0 bridgehead atoms. The molecule has 0 aliphatic carbocycles. The monoisotopic (exact) mass is 390 g/mol. The Morgan fingerprint density at radius 2 is 1.65 bits per heavy atom. The van der Waals surface area contributed by atoms with Crippen molar-refractivity contribution in [3.8, 4) is 0 Å². The zero-order valence-electron chi connectivity index (χ0n) is 13.4. The van der Waals surface area contributed by atoms with Gasteiger partial charge in [-0.2, -0.15) is 17.5 Å². The number of carbonyl (C=O) groups is 1. The second-order valence-corrected chi connectivity index (χ2v) is 7.32. The van der Waals surface area contributed by atoms with E-state index in [0.717, 1.165) is 37.4 Å². The summed E-state index contributed by atoms with van der Waals surface area (Å²) < 4.78 is 77.3. The summed E-state index contributed by atoms with van der Waals surface area (Å²) in [6, 6.07) is 8.43. The van der Waals surface area contributed by atoms with Crippen LogP contribution in [0, 0.1) is 5.82 Å². The van der Waals surface area contributed by atoms with E-state index in [0.29, 0.717) is 10.4 Å². The van der Waals surface area contributed by atoms with E-state index in [1.807, 2.05) is 0 Å². The van der Waals surface area contributed by atoms with E-state index in [1.54, 1.807) is 0 Å². The van der Waals surface area contributed by atoms with E-state index in [9.17, 15) is 30.8 Å². The molecule has 0 unspecified atom stereocenters. The summed E-state index contributed by atoms with van der Waals surface area (Å²) in [4.78, 5) is 11.0. The van der Waals surface area contributed by atoms with Crippen LogP contribution >= 0.6 is 0 Å². The summed E-state index contributed by atoms with van der Waals surface area (Å²) in [6.45, 7) is -0.716. The lowest BCUT2D eigenvalue weighted by atomic mass is 10.2. The first-order valence-electron chi connectivity index (χ1n) is 7.20. The largest absolute Gasteiger partial charge is 0.417 e. The van der Waals surface area contributed by atoms with Gasteiger partial charge >= 0.3 is 6.18 Å². The van der Waals surface area contributed by atoms with Crippen LogP contribution in [0.4, 0.5) is 23.2 Å². The van der Waals surface area contributed by atoms with Gasteiger partial charge in [0.25, 0.3) is 0 Å². The maximum absolute atomic E-state index is 13.0. The fourth-order valence-corrected chi connectivity index (χ4v) is 3.45. The Morgan fingerprint density at radius 1 is 1.08 bits per heavy atom. The molecular weight excluding hydrogens is 376 g/mol. The Morgan fingerprint density at radius 3 is 2.23 bits per heavy atom. The van der Waals surface area contributed by atoms with E-state index in [1.165, 1.54) is 12.1 Å². The topological polar surface area (TPSA) is 66.5 Å². The molecule has 0 aliphatic heterocycles. The summed E-state index contributed by atoms with van der Waals surface area (Å²) in [5.74, 6) is -1.31. The lowest BCUT2D eigenvalue weighted by Crippen LogP contribution is -2.35. The first-order chi connectivity index (χ1) is 12.0. The first-order valence-corrected chi connectivity index (χ1v) is 8.64. The van der Waals surface area contributed by atoms with Crippen LogP contribution in [0.25, 0.3) is 0 Å². The molecule has 140 valence electrons. The van der Waals surface area contributed by atoms with Crippen molar-refractivity contribution in [3.63, 3.8) is 0 Å². The third kappa shape index (κ3) is 4.58. The molecule has 2 aromatic rings. The molecule has 0 fully saturated rings. The van der Waals surface area contributed by atoms with Crippen molar-refractivity contribution in [1.82, 2.24) is 4.31 Å². The smallest absolute Gasteiger partial charge is 0.325 e. The van der Waals surface area contributed by atoms with Crippen LogP contribution in [-0.4, -0.2) is 32.2 Å². The molecule has 0 atom stereocenters. The number of anilines is 1. The minimum atomic E-state index is -4.86. The number of rotatable bonds is 5. The van der Waals surface area contributed by atoms with Gasteiger partial charge in [-0.3, -0.25) is 4.79 Å².